The number of fused-ring (bicyclic) bond motifs is 1. The van der Waals surface area contributed by atoms with Gasteiger partial charge >= 0.3 is 0 Å². The number of likely N-dealkylation sites (N-methyl/N-ethyl adjacent to an activating group) is 1. The van der Waals surface area contributed by atoms with E-state index in [1.54, 1.807) is 12.1 Å². The molecule has 1 aliphatic rings. The maximum absolute atomic E-state index is 9.85. The van der Waals surface area contributed by atoms with Crippen molar-refractivity contribution in [2.45, 2.75) is 27.2 Å². The van der Waals surface area contributed by atoms with Crippen LogP contribution in [-0.2, 0) is 0 Å². The third-order valence-electron chi connectivity index (χ3n) is 6.25. The largest absolute Gasteiger partial charge is 0.508 e. The summed E-state index contributed by atoms with van der Waals surface area (Å²) in [6, 6.07) is 21.8. The van der Waals surface area contributed by atoms with E-state index < -0.39 is 0 Å². The Kier molecular flexibility index (Phi) is 7.76. The van der Waals surface area contributed by atoms with Crippen molar-refractivity contribution in [2.24, 2.45) is 0 Å². The van der Waals surface area contributed by atoms with Gasteiger partial charge in [-0.2, -0.15) is 0 Å². The topological polar surface area (TPSA) is 51.2 Å². The fraction of sp³-hybridized carbons (Fsp3) is 0.310. The molecule has 3 aromatic rings. The fourth-order valence-electron chi connectivity index (χ4n) is 4.30. The number of benzene rings is 3. The number of rotatable bonds is 10. The van der Waals surface area contributed by atoms with Gasteiger partial charge in [0.25, 0.3) is 0 Å². The van der Waals surface area contributed by atoms with Crippen LogP contribution in [0.4, 0.5) is 0 Å². The third kappa shape index (κ3) is 5.37. The normalized spacial score (nSPS) is 13.2. The standard InChI is InChI=1S/C29H33NO4/c1-4-26(23-11-16-27-28(19-23)34-20-33-27)29(21-7-12-24(31)13-8-21)22-9-14-25(15-10-22)32-18-17-30(5-2)6-3/h7-16,19,31H,4-6,17-18,20H2,1-3H3/b29-26-. The molecule has 178 valence electrons. The highest BCUT2D eigenvalue weighted by atomic mass is 16.7. The molecule has 4 rings (SSSR count). The van der Waals surface area contributed by atoms with Crippen LogP contribution in [0.2, 0.25) is 0 Å². The summed E-state index contributed by atoms with van der Waals surface area (Å²) < 4.78 is 17.1. The summed E-state index contributed by atoms with van der Waals surface area (Å²) in [4.78, 5) is 2.35. The van der Waals surface area contributed by atoms with Crippen LogP contribution in [0.25, 0.3) is 11.1 Å². The zero-order chi connectivity index (χ0) is 23.9. The van der Waals surface area contributed by atoms with E-state index in [0.29, 0.717) is 6.61 Å². The lowest BCUT2D eigenvalue weighted by molar-refractivity contribution is 0.174. The molecule has 0 spiro atoms. The van der Waals surface area contributed by atoms with Crippen LogP contribution in [0.15, 0.2) is 66.7 Å². The molecule has 5 heteroatoms. The van der Waals surface area contributed by atoms with E-state index in [0.717, 1.165) is 65.6 Å². The first-order chi connectivity index (χ1) is 16.6. The molecule has 1 N–H and O–H groups in total. The smallest absolute Gasteiger partial charge is 0.231 e. The average Bonchev–Trinajstić information content (AvgIpc) is 3.34. The maximum Gasteiger partial charge on any atom is 0.231 e. The van der Waals surface area contributed by atoms with Crippen LogP contribution in [0.5, 0.6) is 23.0 Å². The predicted molar refractivity (Wildman–Crippen MR) is 137 cm³/mol. The van der Waals surface area contributed by atoms with Crippen LogP contribution in [-0.4, -0.2) is 43.0 Å². The van der Waals surface area contributed by atoms with E-state index >= 15 is 0 Å². The number of allylic oxidation sites excluding steroid dienone is 1. The second kappa shape index (κ2) is 11.1. The summed E-state index contributed by atoms with van der Waals surface area (Å²) >= 11 is 0. The minimum absolute atomic E-state index is 0.251. The van der Waals surface area contributed by atoms with Gasteiger partial charge < -0.3 is 24.2 Å². The van der Waals surface area contributed by atoms with E-state index in [2.05, 4.69) is 43.9 Å². The number of ether oxygens (including phenoxy) is 3. The summed E-state index contributed by atoms with van der Waals surface area (Å²) in [6.45, 7) is 10.4. The Morgan fingerprint density at radius 1 is 0.824 bits per heavy atom. The predicted octanol–water partition coefficient (Wildman–Crippen LogP) is 6.21. The van der Waals surface area contributed by atoms with Gasteiger partial charge in [-0.15, -0.1) is 0 Å². The first kappa shape index (κ1) is 23.7. The molecular weight excluding hydrogens is 426 g/mol. The Labute approximate surface area is 202 Å². The van der Waals surface area contributed by atoms with E-state index in [1.807, 2.05) is 36.4 Å². The van der Waals surface area contributed by atoms with Gasteiger partial charge in [-0.1, -0.05) is 51.1 Å². The van der Waals surface area contributed by atoms with E-state index in [1.165, 1.54) is 5.57 Å². The van der Waals surface area contributed by atoms with Gasteiger partial charge in [-0.25, -0.2) is 0 Å². The Balaban J connectivity index is 1.68. The first-order valence-electron chi connectivity index (χ1n) is 12.0. The Hall–Kier alpha value is -3.44. The average molecular weight is 460 g/mol. The minimum atomic E-state index is 0.251. The summed E-state index contributed by atoms with van der Waals surface area (Å²) in [5.41, 5.74) is 5.54. The maximum atomic E-state index is 9.85. The second-order valence-electron chi connectivity index (χ2n) is 8.22. The fourth-order valence-corrected chi connectivity index (χ4v) is 4.30. The molecule has 0 saturated carbocycles. The van der Waals surface area contributed by atoms with Crippen LogP contribution in [0.1, 0.15) is 43.9 Å². The summed E-state index contributed by atoms with van der Waals surface area (Å²) in [7, 11) is 0. The lowest BCUT2D eigenvalue weighted by Crippen LogP contribution is -2.27. The molecule has 0 bridgehead atoms. The Morgan fingerprint density at radius 3 is 2.09 bits per heavy atom. The van der Waals surface area contributed by atoms with Crippen LogP contribution < -0.4 is 14.2 Å². The number of phenols is 1. The van der Waals surface area contributed by atoms with Crippen molar-refractivity contribution in [3.8, 4) is 23.0 Å². The molecule has 3 aromatic carbocycles. The van der Waals surface area contributed by atoms with E-state index in [4.69, 9.17) is 14.2 Å². The van der Waals surface area contributed by atoms with Crippen molar-refractivity contribution in [2.75, 3.05) is 33.0 Å². The zero-order valence-electron chi connectivity index (χ0n) is 20.2. The quantitative estimate of drug-likeness (QED) is 0.365. The van der Waals surface area contributed by atoms with Crippen LogP contribution in [0.3, 0.4) is 0 Å². The molecular formula is C29H33NO4. The van der Waals surface area contributed by atoms with Crippen molar-refractivity contribution in [1.29, 1.82) is 0 Å². The molecule has 5 nitrogen and oxygen atoms in total. The summed E-state index contributed by atoms with van der Waals surface area (Å²) in [6.07, 6.45) is 0.831. The molecule has 0 saturated heterocycles. The van der Waals surface area contributed by atoms with Gasteiger partial charge in [-0.3, -0.25) is 0 Å². The number of phenolic OH excluding ortho intramolecular Hbond substituents is 1. The zero-order valence-corrected chi connectivity index (χ0v) is 20.2. The molecule has 0 unspecified atom stereocenters. The lowest BCUT2D eigenvalue weighted by Gasteiger charge is -2.19. The minimum Gasteiger partial charge on any atom is -0.508 e. The van der Waals surface area contributed by atoms with Gasteiger partial charge in [0.15, 0.2) is 11.5 Å². The number of hydrogen-bond donors (Lipinski definition) is 1. The molecule has 0 amide bonds. The molecule has 0 aliphatic carbocycles. The molecule has 0 aromatic heterocycles. The third-order valence-corrected chi connectivity index (χ3v) is 6.25. The van der Waals surface area contributed by atoms with E-state index in [-0.39, 0.29) is 12.5 Å². The van der Waals surface area contributed by atoms with Crippen molar-refractivity contribution < 1.29 is 19.3 Å². The number of nitrogens with zero attached hydrogens (tertiary/aromatic N) is 1. The highest BCUT2D eigenvalue weighted by Crippen LogP contribution is 2.40. The summed E-state index contributed by atoms with van der Waals surface area (Å²) in [5.74, 6) is 2.66. The van der Waals surface area contributed by atoms with Gasteiger partial charge in [0.05, 0.1) is 0 Å². The van der Waals surface area contributed by atoms with Gasteiger partial charge in [0.2, 0.25) is 6.79 Å². The molecule has 0 fully saturated rings. The monoisotopic (exact) mass is 459 g/mol. The molecule has 0 radical (unpaired) electrons. The molecule has 1 aliphatic heterocycles. The Morgan fingerprint density at radius 2 is 1.44 bits per heavy atom. The molecule has 1 heterocycles. The first-order valence-corrected chi connectivity index (χ1v) is 12.0. The SMILES string of the molecule is CC/C(=C(\c1ccc(O)cc1)c1ccc(OCCN(CC)CC)cc1)c1ccc2c(c1)OCO2. The van der Waals surface area contributed by atoms with Crippen LogP contribution >= 0.6 is 0 Å². The summed E-state index contributed by atoms with van der Waals surface area (Å²) in [5, 5.41) is 9.85. The van der Waals surface area contributed by atoms with Crippen molar-refractivity contribution in [1.82, 2.24) is 4.90 Å². The van der Waals surface area contributed by atoms with Gasteiger partial charge in [0, 0.05) is 6.54 Å². The molecule has 0 atom stereocenters. The van der Waals surface area contributed by atoms with Crippen molar-refractivity contribution in [3.05, 3.63) is 83.4 Å². The van der Waals surface area contributed by atoms with Crippen LogP contribution in [0, 0.1) is 0 Å². The highest BCUT2D eigenvalue weighted by molar-refractivity contribution is 5.99. The number of hydrogen-bond acceptors (Lipinski definition) is 5. The van der Waals surface area contributed by atoms with E-state index in [9.17, 15) is 5.11 Å². The van der Waals surface area contributed by atoms with Crippen molar-refractivity contribution >= 4 is 11.1 Å². The highest BCUT2D eigenvalue weighted by Gasteiger charge is 2.18. The number of aromatic hydroxyl groups is 1. The Bertz CT molecular complexity index is 1120. The molecule has 34 heavy (non-hydrogen) atoms. The van der Waals surface area contributed by atoms with Gasteiger partial charge in [-0.05, 0) is 83.7 Å². The van der Waals surface area contributed by atoms with Gasteiger partial charge in [0.1, 0.15) is 18.1 Å². The second-order valence-corrected chi connectivity index (χ2v) is 8.22. The lowest BCUT2D eigenvalue weighted by atomic mass is 9.88. The van der Waals surface area contributed by atoms with Crippen molar-refractivity contribution in [3.63, 3.8) is 0 Å².